The van der Waals surface area contributed by atoms with Crippen LogP contribution in [-0.2, 0) is 4.74 Å². The fraction of sp³-hybridized carbons (Fsp3) is 1.00. The summed E-state index contributed by atoms with van der Waals surface area (Å²) < 4.78 is 5.42. The van der Waals surface area contributed by atoms with Gasteiger partial charge in [0.25, 0.3) is 0 Å². The van der Waals surface area contributed by atoms with Gasteiger partial charge in [-0.15, -0.1) is 0 Å². The van der Waals surface area contributed by atoms with Gasteiger partial charge in [-0.3, -0.25) is 4.90 Å². The summed E-state index contributed by atoms with van der Waals surface area (Å²) in [5.41, 5.74) is 0.546. The highest BCUT2D eigenvalue weighted by Crippen LogP contribution is 2.32. The van der Waals surface area contributed by atoms with E-state index in [1.165, 1.54) is 45.3 Å². The molecule has 0 spiro atoms. The molecule has 2 fully saturated rings. The maximum Gasteiger partial charge on any atom is 0.0594 e. The Balaban J connectivity index is 1.89. The zero-order valence-electron chi connectivity index (χ0n) is 10.6. The Morgan fingerprint density at radius 3 is 2.75 bits per heavy atom. The van der Waals surface area contributed by atoms with Gasteiger partial charge < -0.3 is 10.1 Å². The lowest BCUT2D eigenvalue weighted by molar-refractivity contribution is 0.00804. The normalized spacial score (nSPS) is 32.8. The van der Waals surface area contributed by atoms with Crippen molar-refractivity contribution in [3.05, 3.63) is 0 Å². The minimum Gasteiger partial charge on any atom is -0.379 e. The monoisotopic (exact) mass is 226 g/mol. The van der Waals surface area contributed by atoms with Crippen LogP contribution in [0.5, 0.6) is 0 Å². The second-order valence-electron chi connectivity index (χ2n) is 5.42. The Labute approximate surface area is 99.5 Å². The van der Waals surface area contributed by atoms with Crippen LogP contribution < -0.4 is 5.32 Å². The summed E-state index contributed by atoms with van der Waals surface area (Å²) in [4.78, 5) is 2.60. The van der Waals surface area contributed by atoms with Crippen molar-refractivity contribution in [2.24, 2.45) is 5.41 Å². The van der Waals surface area contributed by atoms with E-state index in [1.807, 2.05) is 0 Å². The highest BCUT2D eigenvalue weighted by atomic mass is 16.5. The summed E-state index contributed by atoms with van der Waals surface area (Å²) in [6.45, 7) is 10.1. The molecule has 0 bridgehead atoms. The van der Waals surface area contributed by atoms with Crippen LogP contribution in [0.2, 0.25) is 0 Å². The number of hydrogen-bond donors (Lipinski definition) is 1. The molecule has 2 saturated heterocycles. The Morgan fingerprint density at radius 1 is 1.31 bits per heavy atom. The smallest absolute Gasteiger partial charge is 0.0594 e. The molecule has 0 aromatic carbocycles. The first kappa shape index (κ1) is 12.3. The number of nitrogens with zero attached hydrogens (tertiary/aromatic N) is 1. The zero-order valence-corrected chi connectivity index (χ0v) is 10.6. The van der Waals surface area contributed by atoms with Crippen molar-refractivity contribution in [1.82, 2.24) is 10.2 Å². The van der Waals surface area contributed by atoms with Crippen molar-refractivity contribution in [3.8, 4) is 0 Å². The molecule has 0 saturated carbocycles. The van der Waals surface area contributed by atoms with Gasteiger partial charge in [0, 0.05) is 26.2 Å². The number of hydrogen-bond acceptors (Lipinski definition) is 3. The summed E-state index contributed by atoms with van der Waals surface area (Å²) in [5, 5.41) is 3.59. The van der Waals surface area contributed by atoms with E-state index in [-0.39, 0.29) is 0 Å². The molecule has 16 heavy (non-hydrogen) atoms. The van der Waals surface area contributed by atoms with Gasteiger partial charge in [0.05, 0.1) is 13.2 Å². The summed E-state index contributed by atoms with van der Waals surface area (Å²) in [5.74, 6) is 0. The van der Waals surface area contributed by atoms with E-state index in [4.69, 9.17) is 4.74 Å². The summed E-state index contributed by atoms with van der Waals surface area (Å²) in [7, 11) is 0. The van der Waals surface area contributed by atoms with Gasteiger partial charge in [0.1, 0.15) is 0 Å². The number of rotatable bonds is 4. The van der Waals surface area contributed by atoms with E-state index >= 15 is 0 Å². The van der Waals surface area contributed by atoms with Crippen molar-refractivity contribution in [3.63, 3.8) is 0 Å². The van der Waals surface area contributed by atoms with Crippen LogP contribution >= 0.6 is 0 Å². The molecule has 2 aliphatic rings. The number of nitrogens with one attached hydrogen (secondary N) is 1. The molecule has 0 aliphatic carbocycles. The fourth-order valence-corrected chi connectivity index (χ4v) is 3.22. The molecule has 1 N–H and O–H groups in total. The fourth-order valence-electron chi connectivity index (χ4n) is 3.22. The summed E-state index contributed by atoms with van der Waals surface area (Å²) >= 11 is 0. The SMILES string of the molecule is CCCC1(CN2CCOCC2)CCCNC1. The Hall–Kier alpha value is -0.120. The highest BCUT2D eigenvalue weighted by molar-refractivity contribution is 4.88. The first-order chi connectivity index (χ1) is 7.85. The van der Waals surface area contributed by atoms with Gasteiger partial charge in [-0.1, -0.05) is 13.3 Å². The van der Waals surface area contributed by atoms with Crippen molar-refractivity contribution in [1.29, 1.82) is 0 Å². The van der Waals surface area contributed by atoms with Gasteiger partial charge in [-0.2, -0.15) is 0 Å². The van der Waals surface area contributed by atoms with Gasteiger partial charge >= 0.3 is 0 Å². The quantitative estimate of drug-likeness (QED) is 0.786. The Morgan fingerprint density at radius 2 is 2.12 bits per heavy atom. The van der Waals surface area contributed by atoms with Crippen molar-refractivity contribution in [2.45, 2.75) is 32.6 Å². The lowest BCUT2D eigenvalue weighted by atomic mass is 9.76. The van der Waals surface area contributed by atoms with Crippen LogP contribution in [0.4, 0.5) is 0 Å². The third-order valence-corrected chi connectivity index (χ3v) is 4.00. The maximum absolute atomic E-state index is 5.42. The highest BCUT2D eigenvalue weighted by Gasteiger charge is 2.33. The van der Waals surface area contributed by atoms with Crippen molar-refractivity contribution in [2.75, 3.05) is 45.9 Å². The molecular formula is C13H26N2O. The lowest BCUT2D eigenvalue weighted by Gasteiger charge is -2.42. The summed E-state index contributed by atoms with van der Waals surface area (Å²) in [6.07, 6.45) is 5.44. The van der Waals surface area contributed by atoms with Gasteiger partial charge in [0.2, 0.25) is 0 Å². The van der Waals surface area contributed by atoms with Crippen molar-refractivity contribution >= 4 is 0 Å². The topological polar surface area (TPSA) is 24.5 Å². The predicted octanol–water partition coefficient (Wildman–Crippen LogP) is 1.49. The van der Waals surface area contributed by atoms with E-state index < -0.39 is 0 Å². The second-order valence-corrected chi connectivity index (χ2v) is 5.42. The Bertz CT molecular complexity index is 191. The molecule has 1 atom stereocenters. The van der Waals surface area contributed by atoms with Crippen LogP contribution in [0.3, 0.4) is 0 Å². The molecule has 2 rings (SSSR count). The average Bonchev–Trinajstić information content (AvgIpc) is 2.31. The molecule has 2 aliphatic heterocycles. The lowest BCUT2D eigenvalue weighted by Crippen LogP contribution is -2.50. The average molecular weight is 226 g/mol. The molecule has 0 amide bonds. The Kier molecular flexibility index (Phi) is 4.62. The van der Waals surface area contributed by atoms with E-state index in [0.29, 0.717) is 5.41 Å². The van der Waals surface area contributed by atoms with E-state index in [0.717, 1.165) is 26.3 Å². The molecule has 94 valence electrons. The minimum absolute atomic E-state index is 0.546. The van der Waals surface area contributed by atoms with Crippen LogP contribution in [0.1, 0.15) is 32.6 Å². The molecule has 0 radical (unpaired) electrons. The number of piperidine rings is 1. The van der Waals surface area contributed by atoms with Crippen LogP contribution in [0, 0.1) is 5.41 Å². The molecule has 2 heterocycles. The molecular weight excluding hydrogens is 200 g/mol. The molecule has 1 unspecified atom stereocenters. The van der Waals surface area contributed by atoms with Gasteiger partial charge in [0.15, 0.2) is 0 Å². The van der Waals surface area contributed by atoms with Crippen LogP contribution in [0.25, 0.3) is 0 Å². The van der Waals surface area contributed by atoms with Crippen LogP contribution in [0.15, 0.2) is 0 Å². The van der Waals surface area contributed by atoms with E-state index in [2.05, 4.69) is 17.1 Å². The van der Waals surface area contributed by atoms with Gasteiger partial charge in [-0.05, 0) is 31.2 Å². The second kappa shape index (κ2) is 5.99. The number of ether oxygens (including phenoxy) is 1. The zero-order chi connectivity index (χ0) is 11.3. The minimum atomic E-state index is 0.546. The molecule has 0 aromatic rings. The maximum atomic E-state index is 5.42. The largest absolute Gasteiger partial charge is 0.379 e. The standard InChI is InChI=1S/C13H26N2O/c1-2-4-13(5-3-6-14-11-13)12-15-7-9-16-10-8-15/h14H,2-12H2,1H3. The van der Waals surface area contributed by atoms with Crippen LogP contribution in [-0.4, -0.2) is 50.8 Å². The number of morpholine rings is 1. The summed E-state index contributed by atoms with van der Waals surface area (Å²) in [6, 6.07) is 0. The first-order valence-corrected chi connectivity index (χ1v) is 6.85. The predicted molar refractivity (Wildman–Crippen MR) is 66.7 cm³/mol. The van der Waals surface area contributed by atoms with E-state index in [9.17, 15) is 0 Å². The van der Waals surface area contributed by atoms with E-state index in [1.54, 1.807) is 0 Å². The molecule has 3 nitrogen and oxygen atoms in total. The molecule has 0 aromatic heterocycles. The third-order valence-electron chi connectivity index (χ3n) is 4.00. The van der Waals surface area contributed by atoms with Crippen molar-refractivity contribution < 1.29 is 4.74 Å². The first-order valence-electron chi connectivity index (χ1n) is 6.85. The third kappa shape index (κ3) is 3.19. The van der Waals surface area contributed by atoms with Gasteiger partial charge in [-0.25, -0.2) is 0 Å². The molecule has 3 heteroatoms.